The van der Waals surface area contributed by atoms with E-state index in [1.165, 1.54) is 38.2 Å². The molecule has 0 saturated heterocycles. The number of hydrogen-bond acceptors (Lipinski definition) is 5. The number of nitrogens with one attached hydrogen (secondary N) is 2. The fourth-order valence-corrected chi connectivity index (χ4v) is 2.86. The molecule has 3 aromatic rings. The van der Waals surface area contributed by atoms with Gasteiger partial charge in [-0.1, -0.05) is 0 Å². The quantitative estimate of drug-likeness (QED) is 0.627. The van der Waals surface area contributed by atoms with Crippen LogP contribution in [0.15, 0.2) is 35.3 Å². The highest BCUT2D eigenvalue weighted by Crippen LogP contribution is 2.37. The number of fused-ring (bicyclic) bond motifs is 1. The summed E-state index contributed by atoms with van der Waals surface area (Å²) in [5.74, 6) is -0.996. The van der Waals surface area contributed by atoms with Crippen LogP contribution in [0.1, 0.15) is 40.4 Å². The lowest BCUT2D eigenvalue weighted by molar-refractivity contribution is -0.138. The summed E-state index contributed by atoms with van der Waals surface area (Å²) in [7, 11) is 0. The van der Waals surface area contributed by atoms with Gasteiger partial charge in [0.05, 0.1) is 28.4 Å². The zero-order valence-electron chi connectivity index (χ0n) is 14.8. The van der Waals surface area contributed by atoms with E-state index < -0.39 is 29.3 Å². The molecular formula is C18H15F3N4O3. The first kappa shape index (κ1) is 19.3. The highest BCUT2D eigenvalue weighted by atomic mass is 19.4. The predicted octanol–water partition coefficient (Wildman–Crippen LogP) is 3.52. The molecule has 7 nitrogen and oxygen atoms in total. The third-order valence-electron chi connectivity index (χ3n) is 4.13. The van der Waals surface area contributed by atoms with Gasteiger partial charge >= 0.3 is 12.1 Å². The zero-order valence-corrected chi connectivity index (χ0v) is 14.8. The van der Waals surface area contributed by atoms with Crippen LogP contribution < -0.4 is 10.9 Å². The monoisotopic (exact) mass is 392 g/mol. The molecule has 0 aliphatic rings. The number of nitrogens with zero attached hydrogens (tertiary/aromatic N) is 2. The molecule has 1 aromatic carbocycles. The topological polar surface area (TPSA) is 108 Å². The van der Waals surface area contributed by atoms with Gasteiger partial charge in [0.2, 0.25) is 0 Å². The van der Waals surface area contributed by atoms with Crippen molar-refractivity contribution in [2.24, 2.45) is 0 Å². The number of aromatic carboxylic acids is 1. The van der Waals surface area contributed by atoms with Gasteiger partial charge in [-0.2, -0.15) is 13.2 Å². The first-order valence-electron chi connectivity index (χ1n) is 8.14. The number of benzene rings is 1. The minimum absolute atomic E-state index is 0.0431. The summed E-state index contributed by atoms with van der Waals surface area (Å²) in [6.07, 6.45) is -3.44. The van der Waals surface area contributed by atoms with Crippen molar-refractivity contribution < 1.29 is 23.1 Å². The van der Waals surface area contributed by atoms with Crippen molar-refractivity contribution in [2.75, 3.05) is 5.32 Å². The number of carboxylic acids is 1. The molecule has 2 aromatic heterocycles. The van der Waals surface area contributed by atoms with Gasteiger partial charge in [0.1, 0.15) is 11.5 Å². The van der Waals surface area contributed by atoms with Crippen LogP contribution in [0.2, 0.25) is 0 Å². The van der Waals surface area contributed by atoms with Crippen LogP contribution in [0, 0.1) is 6.92 Å². The van der Waals surface area contributed by atoms with Gasteiger partial charge in [0, 0.05) is 6.04 Å². The highest BCUT2D eigenvalue weighted by Gasteiger charge is 2.35. The summed E-state index contributed by atoms with van der Waals surface area (Å²) in [6, 6.07) is 3.81. The normalized spacial score (nSPS) is 12.8. The van der Waals surface area contributed by atoms with Crippen molar-refractivity contribution in [3.63, 3.8) is 0 Å². The lowest BCUT2D eigenvalue weighted by Gasteiger charge is -2.21. The summed E-state index contributed by atoms with van der Waals surface area (Å²) in [5, 5.41) is 11.7. The second kappa shape index (κ2) is 6.95. The van der Waals surface area contributed by atoms with Crippen LogP contribution in [0.3, 0.4) is 0 Å². The number of carboxylic acid groups (broad SMARTS) is 1. The number of aryl methyl sites for hydroxylation is 1. The van der Waals surface area contributed by atoms with Gasteiger partial charge < -0.3 is 15.4 Å². The first-order valence-corrected chi connectivity index (χ1v) is 8.14. The molecule has 0 amide bonds. The Morgan fingerprint density at radius 1 is 1.29 bits per heavy atom. The van der Waals surface area contributed by atoms with E-state index in [0.717, 1.165) is 6.07 Å². The van der Waals surface area contributed by atoms with Gasteiger partial charge in [0.25, 0.3) is 5.56 Å². The molecule has 1 unspecified atom stereocenters. The highest BCUT2D eigenvalue weighted by molar-refractivity contribution is 5.85. The molecule has 0 aliphatic carbocycles. The molecule has 2 heterocycles. The Labute approximate surface area is 156 Å². The van der Waals surface area contributed by atoms with Crippen LogP contribution in [-0.2, 0) is 6.18 Å². The Morgan fingerprint density at radius 2 is 2.00 bits per heavy atom. The number of pyridine rings is 1. The maximum absolute atomic E-state index is 13.6. The SMILES string of the molecule is Cc1nc2cc(C(F)(F)F)c(C(C)Nc3ccc(C(=O)O)nc3)cc2c(=O)[nH]1. The number of aromatic nitrogens is 3. The molecule has 0 radical (unpaired) electrons. The van der Waals surface area contributed by atoms with Crippen molar-refractivity contribution in [1.29, 1.82) is 0 Å². The number of aromatic amines is 1. The summed E-state index contributed by atoms with van der Waals surface area (Å²) < 4.78 is 40.8. The third-order valence-corrected chi connectivity index (χ3v) is 4.13. The Balaban J connectivity index is 2.06. The van der Waals surface area contributed by atoms with E-state index in [4.69, 9.17) is 5.11 Å². The van der Waals surface area contributed by atoms with E-state index in [-0.39, 0.29) is 28.0 Å². The first-order chi connectivity index (χ1) is 13.1. The summed E-state index contributed by atoms with van der Waals surface area (Å²) in [6.45, 7) is 2.98. The number of anilines is 1. The van der Waals surface area contributed by atoms with Crippen LogP contribution in [0.25, 0.3) is 10.9 Å². The summed E-state index contributed by atoms with van der Waals surface area (Å²) >= 11 is 0. The minimum Gasteiger partial charge on any atom is -0.477 e. The molecular weight excluding hydrogens is 377 g/mol. The third kappa shape index (κ3) is 3.80. The molecule has 0 saturated carbocycles. The standard InChI is InChI=1S/C18H15F3N4O3/c1-8(23-10-3-4-14(17(27)28)22-7-10)11-5-12-15(6-13(11)18(19,20)21)24-9(2)25-16(12)26/h3-8,23H,1-2H3,(H,27,28)(H,24,25,26). The lowest BCUT2D eigenvalue weighted by Crippen LogP contribution is -2.18. The zero-order chi connectivity index (χ0) is 20.6. The Bertz CT molecular complexity index is 1110. The van der Waals surface area contributed by atoms with Crippen molar-refractivity contribution in [2.45, 2.75) is 26.1 Å². The number of halogens is 3. The van der Waals surface area contributed by atoms with Gasteiger partial charge in [-0.25, -0.2) is 14.8 Å². The van der Waals surface area contributed by atoms with Crippen molar-refractivity contribution in [3.8, 4) is 0 Å². The van der Waals surface area contributed by atoms with Crippen LogP contribution in [-0.4, -0.2) is 26.0 Å². The second-order valence-corrected chi connectivity index (χ2v) is 6.21. The van der Waals surface area contributed by atoms with Crippen LogP contribution in [0.5, 0.6) is 0 Å². The number of hydrogen-bond donors (Lipinski definition) is 3. The number of H-pyrrole nitrogens is 1. The molecule has 1 atom stereocenters. The number of alkyl halides is 3. The molecule has 28 heavy (non-hydrogen) atoms. The molecule has 3 rings (SSSR count). The Hall–Kier alpha value is -3.43. The van der Waals surface area contributed by atoms with Crippen molar-refractivity contribution in [3.05, 3.63) is 63.5 Å². The maximum Gasteiger partial charge on any atom is 0.416 e. The van der Waals surface area contributed by atoms with Crippen LogP contribution >= 0.6 is 0 Å². The minimum atomic E-state index is -4.65. The lowest BCUT2D eigenvalue weighted by atomic mass is 9.98. The van der Waals surface area contributed by atoms with Gasteiger partial charge in [0.15, 0.2) is 0 Å². The van der Waals surface area contributed by atoms with Crippen molar-refractivity contribution in [1.82, 2.24) is 15.0 Å². The fourth-order valence-electron chi connectivity index (χ4n) is 2.86. The maximum atomic E-state index is 13.6. The molecule has 10 heteroatoms. The van der Waals surface area contributed by atoms with Crippen LogP contribution in [0.4, 0.5) is 18.9 Å². The molecule has 0 aliphatic heterocycles. The second-order valence-electron chi connectivity index (χ2n) is 6.21. The smallest absolute Gasteiger partial charge is 0.416 e. The molecule has 146 valence electrons. The molecule has 0 spiro atoms. The van der Waals surface area contributed by atoms with E-state index in [9.17, 15) is 22.8 Å². The fraction of sp³-hybridized carbons (Fsp3) is 0.222. The number of carbonyl (C=O) groups is 1. The number of rotatable bonds is 4. The van der Waals surface area contributed by atoms with Gasteiger partial charge in [-0.15, -0.1) is 0 Å². The van der Waals surface area contributed by atoms with E-state index >= 15 is 0 Å². The predicted molar refractivity (Wildman–Crippen MR) is 95.3 cm³/mol. The molecule has 0 fully saturated rings. The van der Waals surface area contributed by atoms with Gasteiger partial charge in [-0.3, -0.25) is 4.79 Å². The Kier molecular flexibility index (Phi) is 4.80. The largest absolute Gasteiger partial charge is 0.477 e. The van der Waals surface area contributed by atoms with Gasteiger partial charge in [-0.05, 0) is 43.7 Å². The Morgan fingerprint density at radius 3 is 2.57 bits per heavy atom. The van der Waals surface area contributed by atoms with Crippen molar-refractivity contribution >= 4 is 22.6 Å². The summed E-state index contributed by atoms with van der Waals surface area (Å²) in [5.41, 5.74) is -1.48. The average molecular weight is 392 g/mol. The van der Waals surface area contributed by atoms with E-state index in [0.29, 0.717) is 5.69 Å². The molecule has 3 N–H and O–H groups in total. The van der Waals surface area contributed by atoms with E-state index in [1.54, 1.807) is 0 Å². The summed E-state index contributed by atoms with van der Waals surface area (Å²) in [4.78, 5) is 33.1. The average Bonchev–Trinajstić information content (AvgIpc) is 2.60. The van der Waals surface area contributed by atoms with E-state index in [1.807, 2.05) is 0 Å². The molecule has 0 bridgehead atoms. The van der Waals surface area contributed by atoms with E-state index in [2.05, 4.69) is 20.3 Å².